The smallest absolute Gasteiger partial charge is 0.259 e. The number of nitrogens with one attached hydrogen (secondary N) is 1. The van der Waals surface area contributed by atoms with Gasteiger partial charge in [0.1, 0.15) is 5.75 Å². The Hall–Kier alpha value is -2.53. The summed E-state index contributed by atoms with van der Waals surface area (Å²) >= 11 is 5.88. The van der Waals surface area contributed by atoms with Crippen LogP contribution in [0.4, 0.5) is 0 Å². The van der Waals surface area contributed by atoms with Crippen LogP contribution < -0.4 is 10.1 Å². The fourth-order valence-corrected chi connectivity index (χ4v) is 2.73. The first-order valence-electron chi connectivity index (χ1n) is 8.86. The quantitative estimate of drug-likeness (QED) is 0.751. The number of hydrogen-bond acceptors (Lipinski definition) is 3. The van der Waals surface area contributed by atoms with E-state index in [-0.39, 0.29) is 30.9 Å². The van der Waals surface area contributed by atoms with Gasteiger partial charge in [-0.05, 0) is 30.2 Å². The molecule has 0 heterocycles. The highest BCUT2D eigenvalue weighted by Crippen LogP contribution is 2.27. The lowest BCUT2D eigenvalue weighted by Gasteiger charge is -2.21. The molecule has 1 unspecified atom stereocenters. The number of rotatable bonds is 8. The SMILES string of the molecule is CCC(NC(=O)Cc1ccc(Cl)cc1)c1ccccc1OCC(=O)N(C)C. The lowest BCUT2D eigenvalue weighted by molar-refractivity contribution is -0.130. The summed E-state index contributed by atoms with van der Waals surface area (Å²) in [6.07, 6.45) is 0.976. The van der Waals surface area contributed by atoms with Gasteiger partial charge in [-0.1, -0.05) is 48.9 Å². The van der Waals surface area contributed by atoms with Crippen molar-refractivity contribution in [2.24, 2.45) is 0 Å². The monoisotopic (exact) mass is 388 g/mol. The molecule has 0 saturated heterocycles. The van der Waals surface area contributed by atoms with Crippen molar-refractivity contribution in [3.05, 3.63) is 64.7 Å². The highest BCUT2D eigenvalue weighted by Gasteiger charge is 2.18. The van der Waals surface area contributed by atoms with E-state index in [1.54, 1.807) is 26.2 Å². The third kappa shape index (κ3) is 6.29. The van der Waals surface area contributed by atoms with Gasteiger partial charge < -0.3 is 15.0 Å². The maximum atomic E-state index is 12.5. The Kier molecular flexibility index (Phi) is 7.67. The van der Waals surface area contributed by atoms with Crippen molar-refractivity contribution >= 4 is 23.4 Å². The van der Waals surface area contributed by atoms with E-state index in [2.05, 4.69) is 5.32 Å². The highest BCUT2D eigenvalue weighted by molar-refractivity contribution is 6.30. The van der Waals surface area contributed by atoms with Crippen LogP contribution in [-0.4, -0.2) is 37.4 Å². The molecule has 5 nitrogen and oxygen atoms in total. The minimum atomic E-state index is -0.199. The van der Waals surface area contributed by atoms with Gasteiger partial charge in [0.25, 0.3) is 5.91 Å². The van der Waals surface area contributed by atoms with Crippen molar-refractivity contribution in [2.45, 2.75) is 25.8 Å². The highest BCUT2D eigenvalue weighted by atomic mass is 35.5. The second-order valence-electron chi connectivity index (χ2n) is 6.45. The van der Waals surface area contributed by atoms with Crippen molar-refractivity contribution in [1.29, 1.82) is 0 Å². The number of nitrogens with zero attached hydrogens (tertiary/aromatic N) is 1. The lowest BCUT2D eigenvalue weighted by atomic mass is 10.0. The van der Waals surface area contributed by atoms with Gasteiger partial charge in [0, 0.05) is 24.7 Å². The van der Waals surface area contributed by atoms with Crippen LogP contribution in [0.2, 0.25) is 5.02 Å². The molecule has 0 fully saturated rings. The van der Waals surface area contributed by atoms with Crippen LogP contribution in [0.25, 0.3) is 0 Å². The molecule has 1 atom stereocenters. The van der Waals surface area contributed by atoms with E-state index >= 15 is 0 Å². The number of carbonyl (C=O) groups excluding carboxylic acids is 2. The normalized spacial score (nSPS) is 11.6. The molecule has 144 valence electrons. The number of carbonyl (C=O) groups is 2. The molecule has 1 N–H and O–H groups in total. The maximum Gasteiger partial charge on any atom is 0.259 e. The zero-order valence-electron chi connectivity index (χ0n) is 15.9. The van der Waals surface area contributed by atoms with Crippen molar-refractivity contribution in [3.8, 4) is 5.75 Å². The third-order valence-corrected chi connectivity index (χ3v) is 4.42. The number of para-hydroxylation sites is 1. The lowest BCUT2D eigenvalue weighted by Crippen LogP contribution is -2.30. The van der Waals surface area contributed by atoms with Gasteiger partial charge in [0.2, 0.25) is 5.91 Å². The largest absolute Gasteiger partial charge is 0.483 e. The number of amides is 2. The molecule has 0 spiro atoms. The van der Waals surface area contributed by atoms with Crippen molar-refractivity contribution in [1.82, 2.24) is 10.2 Å². The molecule has 2 aromatic rings. The van der Waals surface area contributed by atoms with Crippen molar-refractivity contribution < 1.29 is 14.3 Å². The summed E-state index contributed by atoms with van der Waals surface area (Å²) in [5.41, 5.74) is 1.75. The van der Waals surface area contributed by atoms with Crippen LogP contribution in [-0.2, 0) is 16.0 Å². The Morgan fingerprint density at radius 2 is 1.78 bits per heavy atom. The molecular weight excluding hydrogens is 364 g/mol. The number of likely N-dealkylation sites (N-methyl/N-ethyl adjacent to an activating group) is 1. The average Bonchev–Trinajstić information content (AvgIpc) is 2.66. The minimum absolute atomic E-state index is 0.0425. The summed E-state index contributed by atoms with van der Waals surface area (Å²) in [5.74, 6) is 0.402. The van der Waals surface area contributed by atoms with Gasteiger partial charge in [-0.2, -0.15) is 0 Å². The maximum absolute atomic E-state index is 12.5. The Bertz CT molecular complexity index is 775. The molecule has 0 aromatic heterocycles. The topological polar surface area (TPSA) is 58.6 Å². The summed E-state index contributed by atoms with van der Waals surface area (Å²) in [6, 6.07) is 14.5. The van der Waals surface area contributed by atoms with Crippen LogP contribution >= 0.6 is 11.6 Å². The first-order chi connectivity index (χ1) is 12.9. The fraction of sp³-hybridized carbons (Fsp3) is 0.333. The van der Waals surface area contributed by atoms with E-state index in [0.717, 1.165) is 11.1 Å². The van der Waals surface area contributed by atoms with E-state index < -0.39 is 0 Å². The first kappa shape index (κ1) is 20.8. The Labute approximate surface area is 165 Å². The van der Waals surface area contributed by atoms with Crippen LogP contribution in [0.15, 0.2) is 48.5 Å². The molecule has 0 saturated carbocycles. The zero-order valence-corrected chi connectivity index (χ0v) is 16.6. The van der Waals surface area contributed by atoms with Crippen molar-refractivity contribution in [2.75, 3.05) is 20.7 Å². The Morgan fingerprint density at radius 1 is 1.11 bits per heavy atom. The van der Waals surface area contributed by atoms with Crippen LogP contribution in [0.3, 0.4) is 0 Å². The average molecular weight is 389 g/mol. The van der Waals surface area contributed by atoms with Crippen molar-refractivity contribution in [3.63, 3.8) is 0 Å². The van der Waals surface area contributed by atoms with Gasteiger partial charge >= 0.3 is 0 Å². The summed E-state index contributed by atoms with van der Waals surface area (Å²) < 4.78 is 5.70. The molecule has 0 radical (unpaired) electrons. The van der Waals surface area contributed by atoms with Gasteiger partial charge in [0.15, 0.2) is 6.61 Å². The molecule has 0 aliphatic carbocycles. The van der Waals surface area contributed by atoms with E-state index in [1.165, 1.54) is 4.90 Å². The summed E-state index contributed by atoms with van der Waals surface area (Å²) in [5, 5.41) is 3.69. The predicted molar refractivity (Wildman–Crippen MR) is 107 cm³/mol. The molecule has 2 aromatic carbocycles. The molecule has 2 amide bonds. The second kappa shape index (κ2) is 9.97. The van der Waals surface area contributed by atoms with Gasteiger partial charge in [-0.25, -0.2) is 0 Å². The molecule has 27 heavy (non-hydrogen) atoms. The van der Waals surface area contributed by atoms with Gasteiger partial charge in [-0.3, -0.25) is 9.59 Å². The van der Waals surface area contributed by atoms with Gasteiger partial charge in [-0.15, -0.1) is 0 Å². The van der Waals surface area contributed by atoms with Crippen LogP contribution in [0, 0.1) is 0 Å². The molecule has 0 bridgehead atoms. The predicted octanol–water partition coefficient (Wildman–Crippen LogP) is 3.62. The first-order valence-corrected chi connectivity index (χ1v) is 9.24. The molecule has 6 heteroatoms. The Morgan fingerprint density at radius 3 is 2.41 bits per heavy atom. The fourth-order valence-electron chi connectivity index (χ4n) is 2.60. The Balaban J connectivity index is 2.06. The number of hydrogen-bond donors (Lipinski definition) is 1. The number of ether oxygens (including phenoxy) is 1. The molecule has 0 aliphatic heterocycles. The molecular formula is C21H25ClN2O3. The second-order valence-corrected chi connectivity index (χ2v) is 6.88. The van der Waals surface area contributed by atoms with Crippen LogP contribution in [0.5, 0.6) is 5.75 Å². The van der Waals surface area contributed by atoms with E-state index in [1.807, 2.05) is 43.3 Å². The third-order valence-electron chi connectivity index (χ3n) is 4.17. The van der Waals surface area contributed by atoms with E-state index in [4.69, 9.17) is 16.3 Å². The number of benzene rings is 2. The molecule has 2 rings (SSSR count). The summed E-state index contributed by atoms with van der Waals surface area (Å²) in [7, 11) is 3.37. The van der Waals surface area contributed by atoms with E-state index in [0.29, 0.717) is 17.2 Å². The zero-order chi connectivity index (χ0) is 19.8. The van der Waals surface area contributed by atoms with E-state index in [9.17, 15) is 9.59 Å². The molecule has 0 aliphatic rings. The summed E-state index contributed by atoms with van der Waals surface area (Å²) in [6.45, 7) is 1.95. The summed E-state index contributed by atoms with van der Waals surface area (Å²) in [4.78, 5) is 25.7. The minimum Gasteiger partial charge on any atom is -0.483 e. The van der Waals surface area contributed by atoms with Gasteiger partial charge in [0.05, 0.1) is 12.5 Å². The number of halogens is 1. The van der Waals surface area contributed by atoms with Crippen LogP contribution in [0.1, 0.15) is 30.5 Å². The standard InChI is InChI=1S/C21H25ClN2O3/c1-4-18(23-20(25)13-15-9-11-16(22)12-10-15)17-7-5-6-8-19(17)27-14-21(26)24(2)3/h5-12,18H,4,13-14H2,1-3H3,(H,23,25).